The number of aryl methyl sites for hydroxylation is 1. The fraction of sp³-hybridized carbons (Fsp3) is 0.360. The second-order valence-electron chi connectivity index (χ2n) is 7.95. The number of Topliss-reactive ketones (excluding diaryl/α,β-unsaturated/α-hetero) is 1. The summed E-state index contributed by atoms with van der Waals surface area (Å²) in [6.07, 6.45) is 4.57. The third-order valence-electron chi connectivity index (χ3n) is 5.89. The second-order valence-corrected chi connectivity index (χ2v) is 8.36. The Balaban J connectivity index is 1.66. The minimum atomic E-state index is -0.135. The molecule has 1 N–H and O–H groups in total. The zero-order valence-corrected chi connectivity index (χ0v) is 18.1. The molecule has 0 bridgehead atoms. The lowest BCUT2D eigenvalue weighted by molar-refractivity contribution is -0.116. The number of hydrogen-bond donors (Lipinski definition) is 1. The van der Waals surface area contributed by atoms with Crippen LogP contribution in [0.5, 0.6) is 0 Å². The Hall–Kier alpha value is -2.39. The first-order valence-corrected chi connectivity index (χ1v) is 10.6. The van der Waals surface area contributed by atoms with Crippen LogP contribution in [0.25, 0.3) is 0 Å². The molecule has 0 saturated carbocycles. The van der Waals surface area contributed by atoms with Gasteiger partial charge < -0.3 is 5.32 Å². The summed E-state index contributed by atoms with van der Waals surface area (Å²) in [6, 6.07) is 13.2. The molecule has 1 aliphatic carbocycles. The van der Waals surface area contributed by atoms with Crippen LogP contribution in [-0.4, -0.2) is 11.7 Å². The van der Waals surface area contributed by atoms with E-state index in [1.807, 2.05) is 56.3 Å². The van der Waals surface area contributed by atoms with E-state index in [9.17, 15) is 9.59 Å². The van der Waals surface area contributed by atoms with Crippen LogP contribution in [0, 0.1) is 6.92 Å². The quantitative estimate of drug-likeness (QED) is 0.566. The summed E-state index contributed by atoms with van der Waals surface area (Å²) in [7, 11) is 0. The van der Waals surface area contributed by atoms with Crippen molar-refractivity contribution in [2.75, 3.05) is 5.32 Å². The molecule has 29 heavy (non-hydrogen) atoms. The van der Waals surface area contributed by atoms with E-state index in [-0.39, 0.29) is 11.8 Å². The third-order valence-corrected chi connectivity index (χ3v) is 6.22. The number of nitrogens with one attached hydrogen (secondary N) is 1. The Morgan fingerprint density at radius 3 is 2.62 bits per heavy atom. The minimum Gasteiger partial charge on any atom is -0.322 e. The SMILES string of the molecule is CC1=C(CCC(C)c2ccc(NC(=O)c3ccccc3C)cc2Cl)CCCC1=O. The highest BCUT2D eigenvalue weighted by Gasteiger charge is 2.18. The summed E-state index contributed by atoms with van der Waals surface area (Å²) >= 11 is 6.54. The van der Waals surface area contributed by atoms with Crippen molar-refractivity contribution in [1.29, 1.82) is 0 Å². The third kappa shape index (κ3) is 5.16. The zero-order valence-electron chi connectivity index (χ0n) is 17.3. The van der Waals surface area contributed by atoms with Gasteiger partial charge >= 0.3 is 0 Å². The summed E-state index contributed by atoms with van der Waals surface area (Å²) < 4.78 is 0. The monoisotopic (exact) mass is 409 g/mol. The van der Waals surface area contributed by atoms with E-state index < -0.39 is 0 Å². The summed E-state index contributed by atoms with van der Waals surface area (Å²) in [5.74, 6) is 0.441. The maximum Gasteiger partial charge on any atom is 0.255 e. The summed E-state index contributed by atoms with van der Waals surface area (Å²) in [4.78, 5) is 24.4. The molecule has 4 heteroatoms. The van der Waals surface area contributed by atoms with E-state index in [4.69, 9.17) is 11.6 Å². The summed E-state index contributed by atoms with van der Waals surface area (Å²) in [6.45, 7) is 6.04. The van der Waals surface area contributed by atoms with Crippen LogP contribution in [0.1, 0.15) is 73.4 Å². The van der Waals surface area contributed by atoms with Crippen molar-refractivity contribution in [3.8, 4) is 0 Å². The van der Waals surface area contributed by atoms with Crippen molar-refractivity contribution in [3.05, 3.63) is 75.3 Å². The molecule has 3 nitrogen and oxygen atoms in total. The fourth-order valence-electron chi connectivity index (χ4n) is 3.92. The number of hydrogen-bond acceptors (Lipinski definition) is 2. The highest BCUT2D eigenvalue weighted by atomic mass is 35.5. The molecule has 0 heterocycles. The number of rotatable bonds is 6. The highest BCUT2D eigenvalue weighted by Crippen LogP contribution is 2.33. The highest BCUT2D eigenvalue weighted by molar-refractivity contribution is 6.31. The lowest BCUT2D eigenvalue weighted by atomic mass is 9.86. The average Bonchev–Trinajstić information content (AvgIpc) is 2.69. The lowest BCUT2D eigenvalue weighted by Crippen LogP contribution is -2.13. The molecule has 1 atom stereocenters. The van der Waals surface area contributed by atoms with E-state index in [1.165, 1.54) is 5.57 Å². The number of benzene rings is 2. The van der Waals surface area contributed by atoms with Gasteiger partial charge in [0, 0.05) is 22.7 Å². The second kappa shape index (κ2) is 9.41. The van der Waals surface area contributed by atoms with Crippen molar-refractivity contribution in [2.45, 2.75) is 58.8 Å². The molecule has 0 spiro atoms. The fourth-order valence-corrected chi connectivity index (χ4v) is 4.29. The van der Waals surface area contributed by atoms with Crippen LogP contribution in [0.3, 0.4) is 0 Å². The molecule has 0 aromatic heterocycles. The topological polar surface area (TPSA) is 46.2 Å². The van der Waals surface area contributed by atoms with Gasteiger partial charge in [0.25, 0.3) is 5.91 Å². The molecule has 1 amide bonds. The predicted octanol–water partition coefficient (Wildman–Crippen LogP) is 6.85. The van der Waals surface area contributed by atoms with Crippen LogP contribution in [0.2, 0.25) is 5.02 Å². The lowest BCUT2D eigenvalue weighted by Gasteiger charge is -2.20. The van der Waals surface area contributed by atoms with Gasteiger partial charge in [-0.2, -0.15) is 0 Å². The maximum absolute atomic E-state index is 12.5. The molecule has 2 aromatic carbocycles. The smallest absolute Gasteiger partial charge is 0.255 e. The van der Waals surface area contributed by atoms with Gasteiger partial charge in [-0.25, -0.2) is 0 Å². The number of amides is 1. The molecule has 1 aliphatic rings. The first kappa shape index (κ1) is 21.3. The number of halogens is 1. The van der Waals surface area contributed by atoms with Crippen LogP contribution < -0.4 is 5.32 Å². The first-order chi connectivity index (χ1) is 13.9. The predicted molar refractivity (Wildman–Crippen MR) is 120 cm³/mol. The van der Waals surface area contributed by atoms with E-state index >= 15 is 0 Å². The first-order valence-electron chi connectivity index (χ1n) is 10.2. The van der Waals surface area contributed by atoms with Gasteiger partial charge in [-0.3, -0.25) is 9.59 Å². The Kier molecular flexibility index (Phi) is 6.92. The van der Waals surface area contributed by atoms with E-state index in [2.05, 4.69) is 12.2 Å². The Labute approximate surface area is 178 Å². The molecular formula is C25H28ClNO2. The minimum absolute atomic E-state index is 0.135. The van der Waals surface area contributed by atoms with E-state index in [0.29, 0.717) is 28.5 Å². The van der Waals surface area contributed by atoms with Gasteiger partial charge in [0.2, 0.25) is 0 Å². The van der Waals surface area contributed by atoms with Crippen LogP contribution in [0.4, 0.5) is 5.69 Å². The Bertz CT molecular complexity index is 961. The van der Waals surface area contributed by atoms with E-state index in [1.54, 1.807) is 0 Å². The zero-order chi connectivity index (χ0) is 21.0. The molecule has 2 aromatic rings. The number of carbonyl (C=O) groups is 2. The number of allylic oxidation sites excluding steroid dienone is 2. The number of ketones is 1. The van der Waals surface area contributed by atoms with Gasteiger partial charge in [0.05, 0.1) is 0 Å². The van der Waals surface area contributed by atoms with Gasteiger partial charge in [0.1, 0.15) is 0 Å². The maximum atomic E-state index is 12.5. The Morgan fingerprint density at radius 2 is 1.90 bits per heavy atom. The molecular weight excluding hydrogens is 382 g/mol. The van der Waals surface area contributed by atoms with Crippen LogP contribution in [0.15, 0.2) is 53.6 Å². The summed E-state index contributed by atoms with van der Waals surface area (Å²) in [5, 5.41) is 3.59. The molecule has 0 aliphatic heterocycles. The Morgan fingerprint density at radius 1 is 1.14 bits per heavy atom. The standard InChI is InChI=1S/C25H28ClNO2/c1-16-7-4-5-9-22(16)25(29)27-20-13-14-21(23(26)15-20)17(2)11-12-19-8-6-10-24(28)18(19)3/h4-5,7,9,13-15,17H,6,8,10-12H2,1-3H3,(H,27,29). The molecule has 0 fully saturated rings. The molecule has 152 valence electrons. The number of carbonyl (C=O) groups excluding carboxylic acids is 2. The van der Waals surface area contributed by atoms with Crippen molar-refractivity contribution >= 4 is 29.0 Å². The summed E-state index contributed by atoms with van der Waals surface area (Å²) in [5.41, 5.74) is 5.62. The average molecular weight is 410 g/mol. The van der Waals surface area contributed by atoms with E-state index in [0.717, 1.165) is 42.4 Å². The molecule has 3 rings (SSSR count). The molecule has 0 radical (unpaired) electrons. The number of anilines is 1. The van der Waals surface area contributed by atoms with Crippen molar-refractivity contribution in [3.63, 3.8) is 0 Å². The van der Waals surface area contributed by atoms with Crippen LogP contribution >= 0.6 is 11.6 Å². The van der Waals surface area contributed by atoms with Gasteiger partial charge in [-0.1, -0.05) is 48.4 Å². The van der Waals surface area contributed by atoms with Crippen molar-refractivity contribution in [2.24, 2.45) is 0 Å². The molecule has 0 saturated heterocycles. The molecule has 1 unspecified atom stereocenters. The normalized spacial score (nSPS) is 15.4. The van der Waals surface area contributed by atoms with Gasteiger partial charge in [-0.05, 0) is 80.3 Å². The van der Waals surface area contributed by atoms with Crippen molar-refractivity contribution in [1.82, 2.24) is 0 Å². The largest absolute Gasteiger partial charge is 0.322 e. The van der Waals surface area contributed by atoms with Gasteiger partial charge in [0.15, 0.2) is 5.78 Å². The van der Waals surface area contributed by atoms with Crippen LogP contribution in [-0.2, 0) is 4.79 Å². The van der Waals surface area contributed by atoms with Crippen molar-refractivity contribution < 1.29 is 9.59 Å². The van der Waals surface area contributed by atoms with Gasteiger partial charge in [-0.15, -0.1) is 0 Å².